The van der Waals surface area contributed by atoms with E-state index in [9.17, 15) is 14.7 Å². The summed E-state index contributed by atoms with van der Waals surface area (Å²) in [7, 11) is 0. The number of hydrogen-bond acceptors (Lipinski definition) is 4. The molecule has 124 valence electrons. The Morgan fingerprint density at radius 1 is 1.08 bits per heavy atom. The molecule has 0 bridgehead atoms. The molecule has 0 aliphatic carbocycles. The van der Waals surface area contributed by atoms with Gasteiger partial charge in [-0.3, -0.25) is 4.79 Å². The van der Waals surface area contributed by atoms with Crippen LogP contribution in [-0.4, -0.2) is 22.2 Å². The Balaban J connectivity index is 1.78. The third-order valence-corrected chi connectivity index (χ3v) is 4.27. The lowest BCUT2D eigenvalue weighted by molar-refractivity contribution is -0.115. The molecule has 0 unspecified atom stereocenters. The van der Waals surface area contributed by atoms with Gasteiger partial charge in [0.2, 0.25) is 0 Å². The highest BCUT2D eigenvalue weighted by atomic mass is 32.2. The number of hydrogen-bond donors (Lipinski definition) is 2. The molecule has 25 heavy (non-hydrogen) atoms. The molecule has 0 spiro atoms. The highest BCUT2D eigenvalue weighted by Crippen LogP contribution is 2.27. The van der Waals surface area contributed by atoms with Crippen LogP contribution in [-0.2, 0) is 4.79 Å². The quantitative estimate of drug-likeness (QED) is 0.822. The number of thioether (sulfide) groups is 1. The molecule has 3 rings (SSSR count). The number of benzene rings is 2. The molecule has 1 amide bonds. The van der Waals surface area contributed by atoms with E-state index in [-0.39, 0.29) is 11.5 Å². The number of amides is 1. The second kappa shape index (κ2) is 7.63. The van der Waals surface area contributed by atoms with Crippen LogP contribution in [0.15, 0.2) is 76.6 Å². The summed E-state index contributed by atoms with van der Waals surface area (Å²) in [6.45, 7) is 0. The van der Waals surface area contributed by atoms with Gasteiger partial charge in [0.1, 0.15) is 0 Å². The second-order valence-electron chi connectivity index (χ2n) is 5.10. The smallest absolute Gasteiger partial charge is 0.337 e. The number of para-hydroxylation sites is 1. The molecule has 0 aromatic heterocycles. The van der Waals surface area contributed by atoms with Crippen LogP contribution in [0.2, 0.25) is 0 Å². The number of carboxylic acid groups (broad SMARTS) is 1. The van der Waals surface area contributed by atoms with Crippen molar-refractivity contribution in [3.8, 4) is 0 Å². The zero-order valence-corrected chi connectivity index (χ0v) is 13.9. The van der Waals surface area contributed by atoms with Gasteiger partial charge in [0.05, 0.1) is 16.2 Å². The fourth-order valence-corrected chi connectivity index (χ4v) is 2.95. The second-order valence-corrected chi connectivity index (χ2v) is 6.13. The summed E-state index contributed by atoms with van der Waals surface area (Å²) in [5.41, 5.74) is 1.43. The molecule has 0 atom stereocenters. The minimum absolute atomic E-state index is 0.0891. The predicted molar refractivity (Wildman–Crippen MR) is 99.8 cm³/mol. The molecule has 1 heterocycles. The molecule has 6 heteroatoms. The summed E-state index contributed by atoms with van der Waals surface area (Å²) in [4.78, 5) is 28.0. The molecule has 1 aliphatic heterocycles. The summed E-state index contributed by atoms with van der Waals surface area (Å²) in [6, 6.07) is 16.2. The van der Waals surface area contributed by atoms with Crippen LogP contribution in [0.5, 0.6) is 0 Å². The van der Waals surface area contributed by atoms with Gasteiger partial charge in [0, 0.05) is 0 Å². The molecule has 0 radical (unpaired) electrons. The number of allylic oxidation sites excluding steroid dienone is 2. The summed E-state index contributed by atoms with van der Waals surface area (Å²) in [5.74, 6) is -1.31. The Labute approximate surface area is 148 Å². The average molecular weight is 350 g/mol. The van der Waals surface area contributed by atoms with Crippen LogP contribution in [0.1, 0.15) is 15.9 Å². The van der Waals surface area contributed by atoms with Crippen molar-refractivity contribution in [3.63, 3.8) is 0 Å². The Morgan fingerprint density at radius 2 is 1.80 bits per heavy atom. The zero-order valence-electron chi connectivity index (χ0n) is 13.0. The van der Waals surface area contributed by atoms with Crippen molar-refractivity contribution in [2.75, 3.05) is 0 Å². The maximum Gasteiger partial charge on any atom is 0.337 e. The summed E-state index contributed by atoms with van der Waals surface area (Å²) in [5, 5.41) is 12.2. The van der Waals surface area contributed by atoms with Crippen molar-refractivity contribution in [2.45, 2.75) is 0 Å². The number of carbonyl (C=O) groups excluding carboxylic acids is 1. The van der Waals surface area contributed by atoms with E-state index >= 15 is 0 Å². The van der Waals surface area contributed by atoms with Gasteiger partial charge >= 0.3 is 5.97 Å². The Morgan fingerprint density at radius 3 is 2.56 bits per heavy atom. The van der Waals surface area contributed by atoms with E-state index in [2.05, 4.69) is 10.3 Å². The molecule has 5 nitrogen and oxygen atoms in total. The lowest BCUT2D eigenvalue weighted by Gasteiger charge is -2.00. The summed E-state index contributed by atoms with van der Waals surface area (Å²) in [6.07, 6.45) is 5.40. The number of carboxylic acids is 1. The molecule has 1 saturated heterocycles. The number of nitrogens with one attached hydrogen (secondary N) is 1. The van der Waals surface area contributed by atoms with Crippen molar-refractivity contribution in [3.05, 3.63) is 82.8 Å². The van der Waals surface area contributed by atoms with Crippen LogP contribution in [0.4, 0.5) is 5.69 Å². The molecule has 2 aromatic rings. The molecular formula is C19H14N2O3S. The Hall–Kier alpha value is -3.12. The first-order chi connectivity index (χ1) is 12.1. The van der Waals surface area contributed by atoms with Gasteiger partial charge in [-0.15, -0.1) is 0 Å². The van der Waals surface area contributed by atoms with E-state index < -0.39 is 5.97 Å². The van der Waals surface area contributed by atoms with E-state index in [1.807, 2.05) is 36.4 Å². The van der Waals surface area contributed by atoms with Gasteiger partial charge in [-0.1, -0.05) is 54.6 Å². The van der Waals surface area contributed by atoms with Crippen molar-refractivity contribution in [1.29, 1.82) is 0 Å². The van der Waals surface area contributed by atoms with Crippen molar-refractivity contribution in [2.24, 2.45) is 4.99 Å². The largest absolute Gasteiger partial charge is 0.478 e. The monoisotopic (exact) mass is 350 g/mol. The van der Waals surface area contributed by atoms with E-state index in [1.165, 1.54) is 17.8 Å². The molecule has 1 aliphatic rings. The number of rotatable bonds is 4. The third-order valence-electron chi connectivity index (χ3n) is 3.34. The van der Waals surface area contributed by atoms with E-state index in [4.69, 9.17) is 0 Å². The van der Waals surface area contributed by atoms with Gasteiger partial charge in [-0.2, -0.15) is 0 Å². The Kier molecular flexibility index (Phi) is 5.11. The fraction of sp³-hybridized carbons (Fsp3) is 0. The Bertz CT molecular complexity index is 902. The SMILES string of the molecule is O=C1NC(=Nc2ccccc2C(=O)O)S/C1=C\C=C/c1ccccc1. The lowest BCUT2D eigenvalue weighted by atomic mass is 10.2. The molecule has 2 aromatic carbocycles. The number of aromatic carboxylic acids is 1. The summed E-state index contributed by atoms with van der Waals surface area (Å²) < 4.78 is 0. The van der Waals surface area contributed by atoms with Crippen molar-refractivity contribution >= 4 is 40.6 Å². The highest BCUT2D eigenvalue weighted by Gasteiger charge is 2.23. The molecule has 1 fully saturated rings. The molecular weight excluding hydrogens is 336 g/mol. The van der Waals surface area contributed by atoms with Gasteiger partial charge in [-0.05, 0) is 35.5 Å². The fourth-order valence-electron chi connectivity index (χ4n) is 2.17. The van der Waals surface area contributed by atoms with Crippen LogP contribution in [0.3, 0.4) is 0 Å². The number of aliphatic imine (C=N–C) groups is 1. The zero-order chi connectivity index (χ0) is 17.6. The maximum atomic E-state index is 12.0. The molecule has 0 saturated carbocycles. The van der Waals surface area contributed by atoms with Gasteiger partial charge < -0.3 is 10.4 Å². The van der Waals surface area contributed by atoms with Crippen molar-refractivity contribution in [1.82, 2.24) is 5.32 Å². The van der Waals surface area contributed by atoms with Crippen LogP contribution >= 0.6 is 11.8 Å². The first kappa shape index (κ1) is 16.7. The number of carbonyl (C=O) groups is 2. The summed E-state index contributed by atoms with van der Waals surface area (Å²) >= 11 is 1.18. The first-order valence-electron chi connectivity index (χ1n) is 7.47. The van der Waals surface area contributed by atoms with Gasteiger partial charge in [0.25, 0.3) is 5.91 Å². The third kappa shape index (κ3) is 4.24. The van der Waals surface area contributed by atoms with Crippen LogP contribution < -0.4 is 5.32 Å². The normalized spacial score (nSPS) is 17.4. The van der Waals surface area contributed by atoms with E-state index in [1.54, 1.807) is 30.4 Å². The highest BCUT2D eigenvalue weighted by molar-refractivity contribution is 8.18. The van der Waals surface area contributed by atoms with Gasteiger partial charge in [0.15, 0.2) is 5.17 Å². The van der Waals surface area contributed by atoms with Gasteiger partial charge in [-0.25, -0.2) is 9.79 Å². The number of nitrogens with zero attached hydrogens (tertiary/aromatic N) is 1. The predicted octanol–water partition coefficient (Wildman–Crippen LogP) is 3.83. The van der Waals surface area contributed by atoms with Crippen LogP contribution in [0.25, 0.3) is 6.08 Å². The maximum absolute atomic E-state index is 12.0. The lowest BCUT2D eigenvalue weighted by Crippen LogP contribution is -2.19. The van der Waals surface area contributed by atoms with E-state index in [0.29, 0.717) is 15.8 Å². The van der Waals surface area contributed by atoms with Crippen LogP contribution in [0, 0.1) is 0 Å². The molecule has 2 N–H and O–H groups in total. The van der Waals surface area contributed by atoms with E-state index in [0.717, 1.165) is 5.56 Å². The standard InChI is InChI=1S/C19H14N2O3S/c22-17-16(12-6-9-13-7-2-1-3-8-13)25-19(21-17)20-15-11-5-4-10-14(15)18(23)24/h1-12H,(H,23,24)(H,20,21,22)/b9-6-,16-12-. The first-order valence-corrected chi connectivity index (χ1v) is 8.29. The van der Waals surface area contributed by atoms with Crippen molar-refractivity contribution < 1.29 is 14.7 Å². The minimum Gasteiger partial charge on any atom is -0.478 e. The minimum atomic E-state index is -1.06. The topological polar surface area (TPSA) is 78.8 Å². The number of amidine groups is 1. The average Bonchev–Trinajstić information content (AvgIpc) is 2.95.